The van der Waals surface area contributed by atoms with E-state index in [4.69, 9.17) is 28.0 Å². The number of carbonyl (C=O) groups is 6. The number of nitrogens with one attached hydrogen (secondary N) is 3. The Labute approximate surface area is 188 Å². The maximum atomic E-state index is 12.4. The van der Waals surface area contributed by atoms with Gasteiger partial charge in [0.2, 0.25) is 23.6 Å². The van der Waals surface area contributed by atoms with Gasteiger partial charge in [0.25, 0.3) is 0 Å². The van der Waals surface area contributed by atoms with Gasteiger partial charge in [0, 0.05) is 13.0 Å². The fourth-order valence-corrected chi connectivity index (χ4v) is 2.40. The maximum Gasteiger partial charge on any atom is 0.326 e. The Bertz CT molecular complexity index is 768. The minimum atomic E-state index is -1.51. The number of nitrogens with zero attached hydrogens (tertiary/aromatic N) is 1. The molecule has 16 nitrogen and oxygen atoms in total. The number of carbonyl (C=O) groups excluding carboxylic acids is 4. The second-order valence-corrected chi connectivity index (χ2v) is 6.90. The van der Waals surface area contributed by atoms with E-state index in [0.29, 0.717) is 0 Å². The first kappa shape index (κ1) is 29.0. The molecule has 13 N–H and O–H groups in total. The average Bonchev–Trinajstić information content (AvgIpc) is 2.70. The summed E-state index contributed by atoms with van der Waals surface area (Å²) in [4.78, 5) is 73.2. The van der Waals surface area contributed by atoms with Gasteiger partial charge in [0.1, 0.15) is 12.1 Å². The van der Waals surface area contributed by atoms with E-state index in [0.717, 1.165) is 0 Å². The average molecular weight is 474 g/mol. The van der Waals surface area contributed by atoms with E-state index in [1.165, 1.54) is 0 Å². The Morgan fingerprint density at radius 3 is 2.03 bits per heavy atom. The number of primary amides is 1. The van der Waals surface area contributed by atoms with Gasteiger partial charge in [0.05, 0.1) is 19.0 Å². The molecule has 0 rings (SSSR count). The van der Waals surface area contributed by atoms with Gasteiger partial charge in [-0.3, -0.25) is 29.0 Å². The van der Waals surface area contributed by atoms with E-state index in [1.54, 1.807) is 0 Å². The van der Waals surface area contributed by atoms with Crippen molar-refractivity contribution in [1.82, 2.24) is 16.0 Å². The summed E-state index contributed by atoms with van der Waals surface area (Å²) in [5.41, 5.74) is 20.9. The van der Waals surface area contributed by atoms with Gasteiger partial charge in [-0.2, -0.15) is 0 Å². The van der Waals surface area contributed by atoms with Crippen LogP contribution in [-0.2, 0) is 28.8 Å². The SMILES string of the molecule is NC(=O)CC(NC(=O)CNC(=O)C(N)CCC(=O)O)C(=O)NC(CCCN=C(N)N)C(=O)O. The molecular weight excluding hydrogens is 444 g/mol. The molecule has 0 saturated carbocycles. The van der Waals surface area contributed by atoms with Crippen LogP contribution in [0.4, 0.5) is 0 Å². The minimum absolute atomic E-state index is 0.0423. The van der Waals surface area contributed by atoms with E-state index in [-0.39, 0.29) is 38.2 Å². The van der Waals surface area contributed by atoms with E-state index in [9.17, 15) is 33.9 Å². The number of aliphatic carboxylic acids is 2. The van der Waals surface area contributed by atoms with Crippen molar-refractivity contribution < 1.29 is 39.0 Å². The molecule has 0 aromatic rings. The van der Waals surface area contributed by atoms with Crippen LogP contribution < -0.4 is 38.9 Å². The monoisotopic (exact) mass is 474 g/mol. The van der Waals surface area contributed by atoms with E-state index >= 15 is 0 Å². The lowest BCUT2D eigenvalue weighted by molar-refractivity contribution is -0.142. The number of carboxylic acids is 2. The molecule has 0 heterocycles. The van der Waals surface area contributed by atoms with Crippen LogP contribution >= 0.6 is 0 Å². The van der Waals surface area contributed by atoms with Crippen LogP contribution in [0.3, 0.4) is 0 Å². The number of hydrogen-bond acceptors (Lipinski definition) is 8. The van der Waals surface area contributed by atoms with Crippen molar-refractivity contribution in [2.24, 2.45) is 27.9 Å². The first-order chi connectivity index (χ1) is 15.3. The van der Waals surface area contributed by atoms with Crippen LogP contribution in [0.5, 0.6) is 0 Å². The highest BCUT2D eigenvalue weighted by molar-refractivity contribution is 5.95. The fourth-order valence-electron chi connectivity index (χ4n) is 2.40. The summed E-state index contributed by atoms with van der Waals surface area (Å²) in [6, 6.07) is -4.04. The van der Waals surface area contributed by atoms with Crippen molar-refractivity contribution in [3.05, 3.63) is 0 Å². The van der Waals surface area contributed by atoms with Crippen molar-refractivity contribution >= 4 is 41.5 Å². The van der Waals surface area contributed by atoms with Gasteiger partial charge in [0.15, 0.2) is 5.96 Å². The molecule has 0 aliphatic carbocycles. The molecule has 0 bridgehead atoms. The Hall–Kier alpha value is -3.95. The molecule has 0 aliphatic rings. The second-order valence-electron chi connectivity index (χ2n) is 6.90. The van der Waals surface area contributed by atoms with Crippen molar-refractivity contribution in [1.29, 1.82) is 0 Å². The fraction of sp³-hybridized carbons (Fsp3) is 0.588. The largest absolute Gasteiger partial charge is 0.481 e. The van der Waals surface area contributed by atoms with E-state index in [1.807, 2.05) is 0 Å². The highest BCUT2D eigenvalue weighted by atomic mass is 16.4. The summed E-state index contributed by atoms with van der Waals surface area (Å²) in [7, 11) is 0. The molecule has 0 aromatic heterocycles. The zero-order valence-corrected chi connectivity index (χ0v) is 17.8. The Kier molecular flexibility index (Phi) is 13.2. The van der Waals surface area contributed by atoms with E-state index in [2.05, 4.69) is 20.9 Å². The molecule has 33 heavy (non-hydrogen) atoms. The van der Waals surface area contributed by atoms with E-state index < -0.39 is 66.7 Å². The Balaban J connectivity index is 4.90. The van der Waals surface area contributed by atoms with Crippen molar-refractivity contribution in [3.8, 4) is 0 Å². The number of carboxylic acid groups (broad SMARTS) is 2. The third-order valence-electron chi connectivity index (χ3n) is 4.05. The molecule has 0 fully saturated rings. The highest BCUT2D eigenvalue weighted by Gasteiger charge is 2.28. The Morgan fingerprint density at radius 2 is 1.52 bits per heavy atom. The summed E-state index contributed by atoms with van der Waals surface area (Å²) in [5.74, 6) is -6.31. The van der Waals surface area contributed by atoms with Crippen LogP contribution in [0.15, 0.2) is 4.99 Å². The molecule has 16 heteroatoms. The van der Waals surface area contributed by atoms with Gasteiger partial charge in [-0.25, -0.2) is 4.79 Å². The smallest absolute Gasteiger partial charge is 0.326 e. The van der Waals surface area contributed by atoms with Crippen molar-refractivity contribution in [3.63, 3.8) is 0 Å². The van der Waals surface area contributed by atoms with Crippen LogP contribution in [0.2, 0.25) is 0 Å². The third kappa shape index (κ3) is 13.9. The number of guanidine groups is 1. The lowest BCUT2D eigenvalue weighted by Crippen LogP contribution is -2.54. The molecule has 3 atom stereocenters. The summed E-state index contributed by atoms with van der Waals surface area (Å²) in [6.07, 6.45) is -0.965. The van der Waals surface area contributed by atoms with Crippen LogP contribution in [0, 0.1) is 0 Å². The van der Waals surface area contributed by atoms with Gasteiger partial charge in [-0.05, 0) is 19.3 Å². The lowest BCUT2D eigenvalue weighted by Gasteiger charge is -2.21. The molecule has 4 amide bonds. The van der Waals surface area contributed by atoms with Gasteiger partial charge >= 0.3 is 11.9 Å². The summed E-state index contributed by atoms with van der Waals surface area (Å²) >= 11 is 0. The van der Waals surface area contributed by atoms with Crippen LogP contribution in [0.1, 0.15) is 32.1 Å². The summed E-state index contributed by atoms with van der Waals surface area (Å²) in [5, 5.41) is 24.4. The molecule has 0 aromatic carbocycles. The van der Waals surface area contributed by atoms with Crippen LogP contribution in [0.25, 0.3) is 0 Å². The topological polar surface area (TPSA) is 295 Å². The number of amides is 4. The van der Waals surface area contributed by atoms with Gasteiger partial charge in [-0.1, -0.05) is 0 Å². The molecule has 0 spiro atoms. The molecule has 0 aliphatic heterocycles. The molecule has 0 saturated heterocycles. The minimum Gasteiger partial charge on any atom is -0.481 e. The molecule has 3 unspecified atom stereocenters. The van der Waals surface area contributed by atoms with Crippen molar-refractivity contribution in [2.45, 2.75) is 50.2 Å². The normalized spacial score (nSPS) is 13.0. The van der Waals surface area contributed by atoms with Gasteiger partial charge < -0.3 is 49.1 Å². The zero-order valence-electron chi connectivity index (χ0n) is 17.8. The Morgan fingerprint density at radius 1 is 0.879 bits per heavy atom. The first-order valence-corrected chi connectivity index (χ1v) is 9.74. The van der Waals surface area contributed by atoms with Crippen molar-refractivity contribution in [2.75, 3.05) is 13.1 Å². The highest BCUT2D eigenvalue weighted by Crippen LogP contribution is 2.01. The van der Waals surface area contributed by atoms with Crippen LogP contribution in [-0.4, -0.2) is 83.0 Å². The quantitative estimate of drug-likeness (QED) is 0.0581. The first-order valence-electron chi connectivity index (χ1n) is 9.74. The molecule has 186 valence electrons. The third-order valence-corrected chi connectivity index (χ3v) is 4.05. The predicted molar refractivity (Wildman–Crippen MR) is 113 cm³/mol. The second kappa shape index (κ2) is 15.0. The lowest BCUT2D eigenvalue weighted by atomic mass is 10.1. The summed E-state index contributed by atoms with van der Waals surface area (Å²) < 4.78 is 0. The molecule has 0 radical (unpaired) electrons. The molecular formula is C17H30N8O8. The summed E-state index contributed by atoms with van der Waals surface area (Å²) in [6.45, 7) is -0.513. The standard InChI is InChI=1S/C17H30N8O8/c18-8(3-4-13(28)29)14(30)23-7-12(27)24-10(6-11(19)26)15(31)25-9(16(32)33)2-1-5-22-17(20)21/h8-10H,1-7,18H2,(H2,19,26)(H,23,30)(H,24,27)(H,25,31)(H,28,29)(H,32,33)(H4,20,21,22). The number of nitrogens with two attached hydrogens (primary N) is 4. The maximum absolute atomic E-state index is 12.4. The number of hydrogen-bond donors (Lipinski definition) is 9. The van der Waals surface area contributed by atoms with Gasteiger partial charge in [-0.15, -0.1) is 0 Å². The number of rotatable bonds is 16. The zero-order chi connectivity index (χ0) is 25.6. The number of aliphatic imine (C=N–C) groups is 1. The predicted octanol–water partition coefficient (Wildman–Crippen LogP) is -4.72.